The van der Waals surface area contributed by atoms with Gasteiger partial charge in [0.1, 0.15) is 0 Å². The highest BCUT2D eigenvalue weighted by molar-refractivity contribution is 5.90. The number of esters is 1. The number of hydrogen-bond donors (Lipinski definition) is 0. The summed E-state index contributed by atoms with van der Waals surface area (Å²) < 4.78 is 4.71. The molecule has 0 atom stereocenters. The first-order valence-electron chi connectivity index (χ1n) is 6.26. The second-order valence-electron chi connectivity index (χ2n) is 4.70. The topological polar surface area (TPSA) is 39.2 Å². The molecule has 3 heteroatoms. The summed E-state index contributed by atoms with van der Waals surface area (Å²) >= 11 is 0. The maximum atomic E-state index is 11.5. The van der Waals surface area contributed by atoms with E-state index in [9.17, 15) is 4.79 Å². The van der Waals surface area contributed by atoms with Crippen LogP contribution in [0.25, 0.3) is 11.3 Å². The normalized spacial score (nSPS) is 10.5. The zero-order valence-electron chi connectivity index (χ0n) is 11.4. The van der Waals surface area contributed by atoms with Gasteiger partial charge < -0.3 is 4.74 Å². The fourth-order valence-electron chi connectivity index (χ4n) is 1.87. The number of carbonyl (C=O) groups excluding carboxylic acids is 1. The minimum atomic E-state index is -0.345. The van der Waals surface area contributed by atoms with Crippen LogP contribution < -0.4 is 0 Å². The van der Waals surface area contributed by atoms with Crippen molar-refractivity contribution in [2.45, 2.75) is 19.8 Å². The first-order chi connectivity index (χ1) is 9.11. The average molecular weight is 255 g/mol. The molecule has 0 fully saturated rings. The molecule has 0 saturated carbocycles. The number of hydrogen-bond acceptors (Lipinski definition) is 3. The van der Waals surface area contributed by atoms with Gasteiger partial charge in [-0.2, -0.15) is 0 Å². The van der Waals surface area contributed by atoms with Gasteiger partial charge in [-0.05, 0) is 23.6 Å². The summed E-state index contributed by atoms with van der Waals surface area (Å²) in [6.07, 6.45) is 1.62. The fraction of sp³-hybridized carbons (Fsp3) is 0.250. The number of pyridine rings is 1. The first-order valence-corrected chi connectivity index (χ1v) is 6.26. The lowest BCUT2D eigenvalue weighted by Gasteiger charge is -2.07. The maximum Gasteiger partial charge on any atom is 0.337 e. The molecule has 0 unspecified atom stereocenters. The van der Waals surface area contributed by atoms with Crippen LogP contribution in [0.2, 0.25) is 0 Å². The van der Waals surface area contributed by atoms with Crippen LogP contribution in [0.15, 0.2) is 42.6 Å². The van der Waals surface area contributed by atoms with Crippen molar-refractivity contribution in [2.75, 3.05) is 7.11 Å². The minimum Gasteiger partial charge on any atom is -0.465 e. The van der Waals surface area contributed by atoms with E-state index >= 15 is 0 Å². The van der Waals surface area contributed by atoms with Gasteiger partial charge in [-0.25, -0.2) is 4.79 Å². The molecule has 0 aliphatic carbocycles. The Kier molecular flexibility index (Phi) is 3.95. The number of benzene rings is 1. The van der Waals surface area contributed by atoms with Crippen LogP contribution in [0.3, 0.4) is 0 Å². The van der Waals surface area contributed by atoms with Gasteiger partial charge in [0.15, 0.2) is 0 Å². The van der Waals surface area contributed by atoms with E-state index in [4.69, 9.17) is 4.74 Å². The van der Waals surface area contributed by atoms with Crippen LogP contribution in [0, 0.1) is 0 Å². The number of rotatable bonds is 3. The Morgan fingerprint density at radius 1 is 1.16 bits per heavy atom. The van der Waals surface area contributed by atoms with Gasteiger partial charge in [-0.1, -0.05) is 38.1 Å². The Hall–Kier alpha value is -2.16. The highest BCUT2D eigenvalue weighted by atomic mass is 16.5. The van der Waals surface area contributed by atoms with Crippen LogP contribution in [-0.2, 0) is 4.74 Å². The number of methoxy groups -OCH3 is 1. The van der Waals surface area contributed by atoms with Crippen molar-refractivity contribution in [3.8, 4) is 11.3 Å². The molecule has 98 valence electrons. The Bertz CT molecular complexity index is 574. The van der Waals surface area contributed by atoms with E-state index < -0.39 is 0 Å². The molecule has 1 heterocycles. The molecule has 0 radical (unpaired) electrons. The Labute approximate surface area is 113 Å². The van der Waals surface area contributed by atoms with Crippen LogP contribution in [0.1, 0.15) is 35.7 Å². The quantitative estimate of drug-likeness (QED) is 0.786. The van der Waals surface area contributed by atoms with Crippen molar-refractivity contribution in [1.82, 2.24) is 4.98 Å². The van der Waals surface area contributed by atoms with Gasteiger partial charge >= 0.3 is 5.97 Å². The fourth-order valence-corrected chi connectivity index (χ4v) is 1.87. The second-order valence-corrected chi connectivity index (χ2v) is 4.70. The molecular formula is C16H17NO2. The van der Waals surface area contributed by atoms with E-state index in [0.29, 0.717) is 11.5 Å². The summed E-state index contributed by atoms with van der Waals surface area (Å²) in [6.45, 7) is 4.32. The zero-order valence-corrected chi connectivity index (χ0v) is 11.4. The van der Waals surface area contributed by atoms with Gasteiger partial charge in [-0.3, -0.25) is 4.98 Å². The highest BCUT2D eigenvalue weighted by Gasteiger charge is 2.08. The molecule has 0 saturated heterocycles. The second kappa shape index (κ2) is 5.65. The van der Waals surface area contributed by atoms with E-state index in [1.54, 1.807) is 18.3 Å². The van der Waals surface area contributed by atoms with Crippen molar-refractivity contribution in [3.63, 3.8) is 0 Å². The Morgan fingerprint density at radius 3 is 2.42 bits per heavy atom. The molecule has 2 rings (SSSR count). The summed E-state index contributed by atoms with van der Waals surface area (Å²) in [5.41, 5.74) is 3.57. The smallest absolute Gasteiger partial charge is 0.337 e. The summed E-state index contributed by atoms with van der Waals surface area (Å²) in [5.74, 6) is 0.158. The molecule has 2 aromatic rings. The van der Waals surface area contributed by atoms with Gasteiger partial charge in [0, 0.05) is 11.8 Å². The van der Waals surface area contributed by atoms with E-state index in [0.717, 1.165) is 11.3 Å². The van der Waals surface area contributed by atoms with E-state index in [-0.39, 0.29) is 5.97 Å². The first kappa shape index (κ1) is 13.3. The molecule has 0 aliphatic rings. The van der Waals surface area contributed by atoms with Crippen LogP contribution in [0.4, 0.5) is 0 Å². The Balaban J connectivity index is 2.33. The van der Waals surface area contributed by atoms with Crippen LogP contribution in [-0.4, -0.2) is 18.1 Å². The summed E-state index contributed by atoms with van der Waals surface area (Å²) in [5, 5.41) is 0. The summed E-state index contributed by atoms with van der Waals surface area (Å²) in [7, 11) is 1.37. The molecule has 0 amide bonds. The van der Waals surface area contributed by atoms with Gasteiger partial charge in [-0.15, -0.1) is 0 Å². The largest absolute Gasteiger partial charge is 0.465 e. The third-order valence-corrected chi connectivity index (χ3v) is 3.05. The number of nitrogens with zero attached hydrogens (tertiary/aromatic N) is 1. The van der Waals surface area contributed by atoms with Crippen LogP contribution >= 0.6 is 0 Å². The monoisotopic (exact) mass is 255 g/mol. The lowest BCUT2D eigenvalue weighted by atomic mass is 10.0. The van der Waals surface area contributed by atoms with Crippen molar-refractivity contribution < 1.29 is 9.53 Å². The van der Waals surface area contributed by atoms with Crippen LogP contribution in [0.5, 0.6) is 0 Å². The molecule has 0 aliphatic heterocycles. The third kappa shape index (κ3) is 2.99. The standard InChI is InChI=1S/C16H17NO2/c1-11(2)12-4-6-13(7-5-12)15-10-14(8-9-17-15)16(18)19-3/h4-11H,1-3H3. The van der Waals surface area contributed by atoms with Crippen molar-refractivity contribution in [2.24, 2.45) is 0 Å². The zero-order chi connectivity index (χ0) is 13.8. The summed E-state index contributed by atoms with van der Waals surface area (Å²) in [4.78, 5) is 15.8. The molecule has 0 spiro atoms. The average Bonchev–Trinajstić information content (AvgIpc) is 2.46. The van der Waals surface area contributed by atoms with Gasteiger partial charge in [0.05, 0.1) is 18.4 Å². The summed E-state index contributed by atoms with van der Waals surface area (Å²) in [6, 6.07) is 11.6. The van der Waals surface area contributed by atoms with Crippen molar-refractivity contribution >= 4 is 5.97 Å². The minimum absolute atomic E-state index is 0.345. The van der Waals surface area contributed by atoms with Gasteiger partial charge in [0.2, 0.25) is 0 Å². The predicted molar refractivity (Wildman–Crippen MR) is 75.1 cm³/mol. The number of aromatic nitrogens is 1. The SMILES string of the molecule is COC(=O)c1ccnc(-c2ccc(C(C)C)cc2)c1. The molecular weight excluding hydrogens is 238 g/mol. The molecule has 1 aromatic heterocycles. The van der Waals surface area contributed by atoms with Crippen molar-refractivity contribution in [1.29, 1.82) is 0 Å². The third-order valence-electron chi connectivity index (χ3n) is 3.05. The Morgan fingerprint density at radius 2 is 1.84 bits per heavy atom. The molecule has 1 aromatic carbocycles. The number of carbonyl (C=O) groups is 1. The van der Waals surface area contributed by atoms with E-state index in [1.165, 1.54) is 12.7 Å². The lowest BCUT2D eigenvalue weighted by molar-refractivity contribution is 0.0600. The highest BCUT2D eigenvalue weighted by Crippen LogP contribution is 2.21. The van der Waals surface area contributed by atoms with E-state index in [2.05, 4.69) is 31.0 Å². The predicted octanol–water partition coefficient (Wildman–Crippen LogP) is 3.66. The maximum absolute atomic E-state index is 11.5. The molecule has 0 bridgehead atoms. The van der Waals surface area contributed by atoms with Gasteiger partial charge in [0.25, 0.3) is 0 Å². The molecule has 19 heavy (non-hydrogen) atoms. The number of ether oxygens (including phenoxy) is 1. The lowest BCUT2D eigenvalue weighted by Crippen LogP contribution is -2.01. The molecule has 0 N–H and O–H groups in total. The van der Waals surface area contributed by atoms with E-state index in [1.807, 2.05) is 12.1 Å². The molecule has 3 nitrogen and oxygen atoms in total. The van der Waals surface area contributed by atoms with Crippen molar-refractivity contribution in [3.05, 3.63) is 53.7 Å².